The summed E-state index contributed by atoms with van der Waals surface area (Å²) < 4.78 is 6.33. The molecule has 11 aromatic rings. The summed E-state index contributed by atoms with van der Waals surface area (Å²) in [6.45, 7) is 0. The van der Waals surface area contributed by atoms with Crippen LogP contribution >= 0.6 is 0 Å². The maximum absolute atomic E-state index is 6.33. The third-order valence-corrected chi connectivity index (χ3v) is 11.0. The number of furan rings is 1. The van der Waals surface area contributed by atoms with Gasteiger partial charge < -0.3 is 9.32 Å². The minimum Gasteiger partial charge on any atom is -0.456 e. The van der Waals surface area contributed by atoms with Crippen molar-refractivity contribution in [3.05, 3.63) is 200 Å². The smallest absolute Gasteiger partial charge is 0.135 e. The second-order valence-electron chi connectivity index (χ2n) is 14.1. The zero-order valence-corrected chi connectivity index (χ0v) is 29.4. The van der Waals surface area contributed by atoms with Gasteiger partial charge in [-0.15, -0.1) is 0 Å². The van der Waals surface area contributed by atoms with Crippen molar-refractivity contribution in [2.24, 2.45) is 0 Å². The van der Waals surface area contributed by atoms with E-state index in [4.69, 9.17) is 4.42 Å². The highest BCUT2D eigenvalue weighted by Gasteiger charge is 2.21. The Kier molecular flexibility index (Phi) is 6.90. The van der Waals surface area contributed by atoms with E-state index < -0.39 is 0 Å². The SMILES string of the molecule is c1ccc(-c2cc(N(c3cccc(-c4cccc5ccccc45)c3)c3ccc4oc5ccccc5c4c3)c3ccc4c5ccccc5ccc4c3c2)cc1. The molecule has 0 N–H and O–H groups in total. The van der Waals surface area contributed by atoms with Crippen molar-refractivity contribution >= 4 is 82.1 Å². The normalized spacial score (nSPS) is 11.7. The molecule has 1 heterocycles. The molecule has 0 atom stereocenters. The molecule has 252 valence electrons. The van der Waals surface area contributed by atoms with Crippen LogP contribution in [0.15, 0.2) is 205 Å². The van der Waals surface area contributed by atoms with Crippen LogP contribution in [0.2, 0.25) is 0 Å². The molecular weight excluding hydrogens is 655 g/mol. The quantitative estimate of drug-likeness (QED) is 0.168. The molecule has 10 aromatic carbocycles. The second kappa shape index (κ2) is 12.2. The van der Waals surface area contributed by atoms with E-state index in [1.807, 2.05) is 12.1 Å². The highest BCUT2D eigenvalue weighted by atomic mass is 16.3. The summed E-state index contributed by atoms with van der Waals surface area (Å²) in [4.78, 5) is 2.44. The largest absolute Gasteiger partial charge is 0.456 e. The standard InChI is InChI=1S/C52H33NO/c1-2-12-34(13-3-1)38-31-48-45-26-24-36-15-5-7-20-42(36)44(45)27-28-46(48)50(32-38)53(40-25-29-52-49(33-40)47-21-8-9-23-51(47)54-52)39-18-10-17-37(30-39)43-22-11-16-35-14-4-6-19-41(35)43/h1-33H. The van der Waals surface area contributed by atoms with Gasteiger partial charge in [0.2, 0.25) is 0 Å². The van der Waals surface area contributed by atoms with E-state index in [0.717, 1.165) is 39.0 Å². The maximum Gasteiger partial charge on any atom is 0.135 e. The number of anilines is 3. The van der Waals surface area contributed by atoms with Crippen LogP contribution in [0.4, 0.5) is 17.1 Å². The fourth-order valence-corrected chi connectivity index (χ4v) is 8.46. The lowest BCUT2D eigenvalue weighted by molar-refractivity contribution is 0.669. The Morgan fingerprint density at radius 3 is 1.81 bits per heavy atom. The molecular formula is C52H33NO. The molecule has 0 saturated heterocycles. The Labute approximate surface area is 312 Å². The zero-order chi connectivity index (χ0) is 35.6. The summed E-state index contributed by atoms with van der Waals surface area (Å²) >= 11 is 0. The van der Waals surface area contributed by atoms with Gasteiger partial charge in [0, 0.05) is 27.5 Å². The van der Waals surface area contributed by atoms with Crippen molar-refractivity contribution in [3.8, 4) is 22.3 Å². The minimum atomic E-state index is 0.880. The summed E-state index contributed by atoms with van der Waals surface area (Å²) in [5, 5.41) is 12.1. The van der Waals surface area contributed by atoms with Crippen molar-refractivity contribution in [1.29, 1.82) is 0 Å². The number of hydrogen-bond acceptors (Lipinski definition) is 2. The molecule has 2 nitrogen and oxygen atoms in total. The topological polar surface area (TPSA) is 16.4 Å². The van der Waals surface area contributed by atoms with E-state index in [1.54, 1.807) is 0 Å². The van der Waals surface area contributed by atoms with Crippen LogP contribution in [-0.4, -0.2) is 0 Å². The van der Waals surface area contributed by atoms with Crippen molar-refractivity contribution < 1.29 is 4.42 Å². The van der Waals surface area contributed by atoms with E-state index in [-0.39, 0.29) is 0 Å². The van der Waals surface area contributed by atoms with Gasteiger partial charge in [0.1, 0.15) is 11.2 Å². The second-order valence-corrected chi connectivity index (χ2v) is 14.1. The van der Waals surface area contributed by atoms with Crippen molar-refractivity contribution in [2.45, 2.75) is 0 Å². The third kappa shape index (κ3) is 4.88. The molecule has 0 radical (unpaired) electrons. The first-order valence-corrected chi connectivity index (χ1v) is 18.5. The van der Waals surface area contributed by atoms with E-state index in [9.17, 15) is 0 Å². The van der Waals surface area contributed by atoms with Gasteiger partial charge in [0.05, 0.1) is 5.69 Å². The Morgan fingerprint density at radius 2 is 0.926 bits per heavy atom. The predicted molar refractivity (Wildman–Crippen MR) is 229 cm³/mol. The monoisotopic (exact) mass is 687 g/mol. The number of para-hydroxylation sites is 1. The van der Waals surface area contributed by atoms with Crippen LogP contribution in [0.1, 0.15) is 0 Å². The van der Waals surface area contributed by atoms with Crippen LogP contribution < -0.4 is 4.90 Å². The molecule has 0 aliphatic carbocycles. The highest BCUT2D eigenvalue weighted by molar-refractivity contribution is 6.21. The Hall–Kier alpha value is -7.16. The molecule has 54 heavy (non-hydrogen) atoms. The first kappa shape index (κ1) is 30.5. The van der Waals surface area contributed by atoms with Gasteiger partial charge in [-0.25, -0.2) is 0 Å². The summed E-state index contributed by atoms with van der Waals surface area (Å²) in [5.41, 5.74) is 9.77. The summed E-state index contributed by atoms with van der Waals surface area (Å²) in [6, 6.07) is 72.5. The van der Waals surface area contributed by atoms with E-state index in [2.05, 4.69) is 193 Å². The minimum absolute atomic E-state index is 0.880. The average molecular weight is 688 g/mol. The third-order valence-electron chi connectivity index (χ3n) is 11.0. The van der Waals surface area contributed by atoms with Gasteiger partial charge in [-0.1, -0.05) is 152 Å². The molecule has 0 amide bonds. The number of rotatable bonds is 5. The first-order chi connectivity index (χ1) is 26.8. The van der Waals surface area contributed by atoms with Crippen LogP contribution in [-0.2, 0) is 0 Å². The Morgan fingerprint density at radius 1 is 0.296 bits per heavy atom. The highest BCUT2D eigenvalue weighted by Crippen LogP contribution is 2.46. The zero-order valence-electron chi connectivity index (χ0n) is 29.4. The van der Waals surface area contributed by atoms with Crippen LogP contribution in [0.25, 0.3) is 87.3 Å². The molecule has 0 unspecified atom stereocenters. The van der Waals surface area contributed by atoms with Gasteiger partial charge in [-0.05, 0) is 108 Å². The molecule has 0 fully saturated rings. The lowest BCUT2D eigenvalue weighted by atomic mass is 9.92. The van der Waals surface area contributed by atoms with Crippen LogP contribution in [0.3, 0.4) is 0 Å². The lowest BCUT2D eigenvalue weighted by Crippen LogP contribution is -2.11. The van der Waals surface area contributed by atoms with Gasteiger partial charge in [-0.2, -0.15) is 0 Å². The maximum atomic E-state index is 6.33. The first-order valence-electron chi connectivity index (χ1n) is 18.5. The van der Waals surface area contributed by atoms with Crippen molar-refractivity contribution in [3.63, 3.8) is 0 Å². The summed E-state index contributed by atoms with van der Waals surface area (Å²) in [5.74, 6) is 0. The van der Waals surface area contributed by atoms with Gasteiger partial charge in [-0.3, -0.25) is 0 Å². The lowest BCUT2D eigenvalue weighted by Gasteiger charge is -2.28. The molecule has 0 aliphatic rings. The number of fused-ring (bicyclic) bond motifs is 9. The van der Waals surface area contributed by atoms with Crippen LogP contribution in [0.5, 0.6) is 0 Å². The van der Waals surface area contributed by atoms with Gasteiger partial charge >= 0.3 is 0 Å². The average Bonchev–Trinajstić information content (AvgIpc) is 3.62. The molecule has 11 rings (SSSR count). The van der Waals surface area contributed by atoms with E-state index in [0.29, 0.717) is 0 Å². The summed E-state index contributed by atoms with van der Waals surface area (Å²) in [7, 11) is 0. The van der Waals surface area contributed by atoms with Crippen LogP contribution in [0, 0.1) is 0 Å². The fourth-order valence-electron chi connectivity index (χ4n) is 8.46. The van der Waals surface area contributed by atoms with Crippen molar-refractivity contribution in [1.82, 2.24) is 0 Å². The Bertz CT molecular complexity index is 3220. The molecule has 0 aliphatic heterocycles. The van der Waals surface area contributed by atoms with E-state index in [1.165, 1.54) is 65.3 Å². The Balaban J connectivity index is 1.23. The molecule has 0 saturated carbocycles. The summed E-state index contributed by atoms with van der Waals surface area (Å²) in [6.07, 6.45) is 0. The molecule has 0 spiro atoms. The molecule has 1 aromatic heterocycles. The van der Waals surface area contributed by atoms with E-state index >= 15 is 0 Å². The molecule has 2 heteroatoms. The number of benzene rings is 10. The van der Waals surface area contributed by atoms with Gasteiger partial charge in [0.25, 0.3) is 0 Å². The van der Waals surface area contributed by atoms with Gasteiger partial charge in [0.15, 0.2) is 0 Å². The predicted octanol–water partition coefficient (Wildman–Crippen LogP) is 15.0. The number of hydrogen-bond donors (Lipinski definition) is 0. The molecule has 0 bridgehead atoms. The number of nitrogens with zero attached hydrogens (tertiary/aromatic N) is 1. The fraction of sp³-hybridized carbons (Fsp3) is 0. The van der Waals surface area contributed by atoms with Crippen molar-refractivity contribution in [2.75, 3.05) is 4.90 Å².